The van der Waals surface area contributed by atoms with E-state index in [4.69, 9.17) is 25.5 Å². The highest BCUT2D eigenvalue weighted by atomic mass is 35.5. The van der Waals surface area contributed by atoms with Crippen LogP contribution < -0.4 is 20.1 Å². The van der Waals surface area contributed by atoms with Crippen LogP contribution >= 0.6 is 11.6 Å². The van der Waals surface area contributed by atoms with E-state index in [-0.39, 0.29) is 54.5 Å². The Labute approximate surface area is 180 Å². The third kappa shape index (κ3) is 5.59. The zero-order valence-electron chi connectivity index (χ0n) is 16.2. The Balaban J connectivity index is 1.17. The number of benzene rings is 1. The molecule has 1 aliphatic heterocycles. The van der Waals surface area contributed by atoms with E-state index in [2.05, 4.69) is 20.8 Å². The minimum Gasteiger partial charge on any atom is -0.484 e. The monoisotopic (exact) mass is 460 g/mol. The topological polar surface area (TPSA) is 98.5 Å². The van der Waals surface area contributed by atoms with Crippen molar-refractivity contribution in [3.8, 4) is 11.8 Å². The molecule has 4 rings (SSSR count). The number of piperidine rings is 1. The summed E-state index contributed by atoms with van der Waals surface area (Å²) in [7, 11) is 0. The molecule has 2 aromatic rings. The van der Waals surface area contributed by atoms with E-state index < -0.39 is 17.7 Å². The van der Waals surface area contributed by atoms with E-state index in [0.29, 0.717) is 25.3 Å². The van der Waals surface area contributed by atoms with Gasteiger partial charge >= 0.3 is 6.08 Å². The number of ether oxygens (including phenoxy) is 2. The fraction of sp³-hybridized carbons (Fsp3) is 0.526. The summed E-state index contributed by atoms with van der Waals surface area (Å²) in [4.78, 5) is 12.1. The molecule has 1 aromatic heterocycles. The van der Waals surface area contributed by atoms with Gasteiger partial charge in [0.05, 0.1) is 17.0 Å². The normalized spacial score (nSPS) is 24.5. The second-order valence-corrected chi connectivity index (χ2v) is 7.95. The van der Waals surface area contributed by atoms with Gasteiger partial charge in [-0.1, -0.05) is 16.7 Å². The number of alkyl halides is 2. The van der Waals surface area contributed by atoms with Gasteiger partial charge < -0.3 is 24.5 Å². The second-order valence-electron chi connectivity index (χ2n) is 7.55. The Morgan fingerprint density at radius 3 is 2.81 bits per heavy atom. The van der Waals surface area contributed by atoms with E-state index in [9.17, 15) is 18.0 Å². The van der Waals surface area contributed by atoms with E-state index in [0.717, 1.165) is 6.07 Å². The van der Waals surface area contributed by atoms with Crippen molar-refractivity contribution in [1.82, 2.24) is 20.8 Å². The van der Waals surface area contributed by atoms with Crippen LogP contribution in [-0.4, -0.2) is 47.8 Å². The lowest BCUT2D eigenvalue weighted by atomic mass is 10.0. The molecule has 12 heteroatoms. The molecule has 1 unspecified atom stereocenters. The fourth-order valence-electron chi connectivity index (χ4n) is 3.22. The number of carbonyl (C=O) groups is 1. The molecule has 1 saturated heterocycles. The lowest BCUT2D eigenvalue weighted by Crippen LogP contribution is -2.48. The van der Waals surface area contributed by atoms with Gasteiger partial charge in [-0.3, -0.25) is 4.79 Å². The molecule has 1 aliphatic carbocycles. The highest BCUT2D eigenvalue weighted by Crippen LogP contribution is 2.48. The van der Waals surface area contributed by atoms with Gasteiger partial charge in [-0.25, -0.2) is 13.2 Å². The van der Waals surface area contributed by atoms with Crippen molar-refractivity contribution in [2.75, 3.05) is 19.8 Å². The maximum atomic E-state index is 13.4. The molecule has 0 bridgehead atoms. The van der Waals surface area contributed by atoms with Crippen molar-refractivity contribution >= 4 is 17.5 Å². The predicted octanol–water partition coefficient (Wildman–Crippen LogP) is 2.88. The molecule has 2 aliphatic rings. The number of hydrogen-bond acceptors (Lipinski definition) is 7. The molecule has 1 aromatic carbocycles. The summed E-state index contributed by atoms with van der Waals surface area (Å²) in [6.07, 6.45) is 0.931. The number of aromatic nitrogens is 2. The average molecular weight is 461 g/mol. The molecule has 8 nitrogen and oxygen atoms in total. The van der Waals surface area contributed by atoms with E-state index in [1.807, 2.05) is 0 Å². The quantitative estimate of drug-likeness (QED) is 0.625. The largest absolute Gasteiger partial charge is 0.484 e. The number of nitrogens with zero attached hydrogens (tertiary/aromatic N) is 2. The van der Waals surface area contributed by atoms with Crippen molar-refractivity contribution in [3.05, 3.63) is 34.9 Å². The zero-order valence-corrected chi connectivity index (χ0v) is 17.0. The predicted molar refractivity (Wildman–Crippen MR) is 102 cm³/mol. The van der Waals surface area contributed by atoms with E-state index in [1.54, 1.807) is 0 Å². The maximum Gasteiger partial charge on any atom is 0.414 e. The molecule has 2 fully saturated rings. The third-order valence-corrected chi connectivity index (χ3v) is 5.43. The SMILES string of the molecule is O=C(COc1ccc(Cl)c(F)c1)N[C@H]1CC[C@H](c2nnc(OCC3CC3(F)F)o2)NC1. The van der Waals surface area contributed by atoms with E-state index in [1.165, 1.54) is 12.1 Å². The molecule has 1 amide bonds. The van der Waals surface area contributed by atoms with Gasteiger partial charge in [0, 0.05) is 25.1 Å². The smallest absolute Gasteiger partial charge is 0.414 e. The number of hydrogen-bond donors (Lipinski definition) is 2. The third-order valence-electron chi connectivity index (χ3n) is 5.12. The number of nitrogens with one attached hydrogen (secondary N) is 2. The van der Waals surface area contributed by atoms with Gasteiger partial charge in [0.1, 0.15) is 18.2 Å². The lowest BCUT2D eigenvalue weighted by molar-refractivity contribution is -0.124. The van der Waals surface area contributed by atoms with Crippen molar-refractivity contribution in [3.63, 3.8) is 0 Å². The maximum absolute atomic E-state index is 13.4. The number of halogens is 4. The number of amides is 1. The van der Waals surface area contributed by atoms with Gasteiger partial charge in [-0.15, -0.1) is 5.10 Å². The Morgan fingerprint density at radius 2 is 2.13 bits per heavy atom. The van der Waals surface area contributed by atoms with Crippen LogP contribution in [0.25, 0.3) is 0 Å². The van der Waals surface area contributed by atoms with Crippen LogP contribution in [-0.2, 0) is 4.79 Å². The molecule has 31 heavy (non-hydrogen) atoms. The molecular formula is C19H20ClF3N4O4. The minimum absolute atomic E-state index is 0.0240. The van der Waals surface area contributed by atoms with Crippen molar-refractivity contribution < 1.29 is 31.9 Å². The fourth-order valence-corrected chi connectivity index (χ4v) is 3.33. The molecule has 2 N–H and O–H groups in total. The molecule has 168 valence electrons. The lowest BCUT2D eigenvalue weighted by Gasteiger charge is -2.28. The first kappa shape index (κ1) is 21.7. The summed E-state index contributed by atoms with van der Waals surface area (Å²) in [5.41, 5.74) is 0. The van der Waals surface area contributed by atoms with Crippen LogP contribution in [0.4, 0.5) is 13.2 Å². The summed E-state index contributed by atoms with van der Waals surface area (Å²) < 4.78 is 54.9. The first-order valence-corrected chi connectivity index (χ1v) is 10.1. The molecule has 3 atom stereocenters. The molecule has 1 saturated carbocycles. The van der Waals surface area contributed by atoms with Crippen LogP contribution in [0, 0.1) is 11.7 Å². The minimum atomic E-state index is -2.66. The number of rotatable bonds is 8. The van der Waals surface area contributed by atoms with Gasteiger partial charge in [-0.05, 0) is 25.0 Å². The Kier molecular flexibility index (Phi) is 6.24. The van der Waals surface area contributed by atoms with Gasteiger partial charge in [0.2, 0.25) is 5.89 Å². The highest BCUT2D eigenvalue weighted by molar-refractivity contribution is 6.30. The van der Waals surface area contributed by atoms with Crippen molar-refractivity contribution in [2.24, 2.45) is 5.92 Å². The van der Waals surface area contributed by atoms with Gasteiger partial charge in [0.15, 0.2) is 6.61 Å². The second kappa shape index (κ2) is 8.91. The number of carbonyl (C=O) groups excluding carboxylic acids is 1. The van der Waals surface area contributed by atoms with E-state index >= 15 is 0 Å². The summed E-state index contributed by atoms with van der Waals surface area (Å²) in [6.45, 7) is 0.0375. The summed E-state index contributed by atoms with van der Waals surface area (Å²) in [6, 6.07) is 3.58. The zero-order chi connectivity index (χ0) is 22.0. The van der Waals surface area contributed by atoms with Crippen LogP contribution in [0.5, 0.6) is 11.8 Å². The van der Waals surface area contributed by atoms with Gasteiger partial charge in [0.25, 0.3) is 11.8 Å². The van der Waals surface area contributed by atoms with Crippen LogP contribution in [0.1, 0.15) is 31.2 Å². The average Bonchev–Trinajstić information content (AvgIpc) is 3.12. The highest BCUT2D eigenvalue weighted by Gasteiger charge is 2.57. The Bertz CT molecular complexity index is 937. The van der Waals surface area contributed by atoms with Gasteiger partial charge in [-0.2, -0.15) is 0 Å². The summed E-state index contributed by atoms with van der Waals surface area (Å²) >= 11 is 5.60. The molecular weight excluding hydrogens is 441 g/mol. The molecule has 0 radical (unpaired) electrons. The Hall–Kier alpha value is -2.53. The molecule has 0 spiro atoms. The summed E-state index contributed by atoms with van der Waals surface area (Å²) in [5, 5.41) is 13.6. The molecule has 2 heterocycles. The van der Waals surface area contributed by atoms with Crippen LogP contribution in [0.3, 0.4) is 0 Å². The standard InChI is InChI=1S/C19H20ClF3N4O4/c20-13-3-2-12(5-14(13)21)29-9-16(28)25-11-1-4-15(24-7-11)17-26-27-18(31-17)30-8-10-6-19(10,22)23/h2-3,5,10-11,15,24H,1,4,6-9H2,(H,25,28)/t10?,11-,15+/m0/s1. The van der Waals surface area contributed by atoms with Crippen molar-refractivity contribution in [2.45, 2.75) is 37.3 Å². The summed E-state index contributed by atoms with van der Waals surface area (Å²) in [5.74, 6) is -3.92. The van der Waals surface area contributed by atoms with Crippen molar-refractivity contribution in [1.29, 1.82) is 0 Å². The van der Waals surface area contributed by atoms with Crippen LogP contribution in [0.15, 0.2) is 22.6 Å². The first-order chi connectivity index (χ1) is 14.8. The Morgan fingerprint density at radius 1 is 1.32 bits per heavy atom. The first-order valence-electron chi connectivity index (χ1n) is 9.75. The van der Waals surface area contributed by atoms with Crippen LogP contribution in [0.2, 0.25) is 5.02 Å².